The quantitative estimate of drug-likeness (QED) is 0.233. The first-order valence-corrected chi connectivity index (χ1v) is 12.1. The molecule has 7 nitrogen and oxygen atoms in total. The molecule has 0 saturated heterocycles. The second kappa shape index (κ2) is 11.4. The zero-order chi connectivity index (χ0) is 25.7. The van der Waals surface area contributed by atoms with Crippen molar-refractivity contribution < 1.29 is 20.1 Å². The summed E-state index contributed by atoms with van der Waals surface area (Å²) in [5.41, 5.74) is 4.71. The standard InChI is InChI=1S/C29H33N3O4/c1-19(30-16-28(35)22-9-11-27(34)24(14-22)18-33)12-21-8-10-25-23(13-21)15-26(31-25)29(36)32(2)17-20-6-4-3-5-7-20/h3-11,13-15,19,28,30-31,33-35H,12,16-18H2,1-2H3/t19?,28-/m0/s1. The van der Waals surface area contributed by atoms with E-state index in [0.717, 1.165) is 28.5 Å². The molecule has 0 aliphatic heterocycles. The van der Waals surface area contributed by atoms with Gasteiger partial charge in [-0.1, -0.05) is 42.5 Å². The second-order valence-electron chi connectivity index (χ2n) is 9.33. The van der Waals surface area contributed by atoms with E-state index < -0.39 is 6.10 Å². The normalized spacial score (nSPS) is 13.0. The molecule has 0 radical (unpaired) electrons. The molecule has 1 heterocycles. The average molecular weight is 488 g/mol. The van der Waals surface area contributed by atoms with Gasteiger partial charge < -0.3 is 30.5 Å². The van der Waals surface area contributed by atoms with Gasteiger partial charge in [0.2, 0.25) is 0 Å². The number of H-pyrrole nitrogens is 1. The lowest BCUT2D eigenvalue weighted by Crippen LogP contribution is -2.32. The first-order chi connectivity index (χ1) is 17.3. The van der Waals surface area contributed by atoms with Crippen molar-refractivity contribution in [2.24, 2.45) is 0 Å². The maximum atomic E-state index is 12.9. The molecule has 0 spiro atoms. The summed E-state index contributed by atoms with van der Waals surface area (Å²) in [5.74, 6) is -0.0400. The number of phenols is 1. The highest BCUT2D eigenvalue weighted by molar-refractivity contribution is 5.98. The van der Waals surface area contributed by atoms with Crippen molar-refractivity contribution in [2.75, 3.05) is 13.6 Å². The van der Waals surface area contributed by atoms with E-state index in [2.05, 4.69) is 23.3 Å². The van der Waals surface area contributed by atoms with E-state index in [9.17, 15) is 20.1 Å². The Labute approximate surface area is 211 Å². The molecule has 0 aliphatic rings. The Morgan fingerprint density at radius 3 is 2.56 bits per heavy atom. The molecule has 4 aromatic rings. The Bertz CT molecular complexity index is 1320. The van der Waals surface area contributed by atoms with Crippen molar-refractivity contribution in [1.82, 2.24) is 15.2 Å². The summed E-state index contributed by atoms with van der Waals surface area (Å²) in [6.45, 7) is 2.66. The Kier molecular flexibility index (Phi) is 8.05. The molecule has 1 unspecified atom stereocenters. The van der Waals surface area contributed by atoms with E-state index in [-0.39, 0.29) is 24.3 Å². The minimum Gasteiger partial charge on any atom is -0.508 e. The molecule has 0 saturated carbocycles. The van der Waals surface area contributed by atoms with E-state index in [0.29, 0.717) is 29.9 Å². The van der Waals surface area contributed by atoms with Crippen molar-refractivity contribution in [3.8, 4) is 5.75 Å². The monoisotopic (exact) mass is 487 g/mol. The maximum Gasteiger partial charge on any atom is 0.270 e. The predicted molar refractivity (Wildman–Crippen MR) is 141 cm³/mol. The van der Waals surface area contributed by atoms with E-state index in [4.69, 9.17) is 0 Å². The summed E-state index contributed by atoms with van der Waals surface area (Å²) in [4.78, 5) is 17.9. The van der Waals surface area contributed by atoms with E-state index in [1.807, 2.05) is 48.5 Å². The Morgan fingerprint density at radius 2 is 1.81 bits per heavy atom. The third-order valence-electron chi connectivity index (χ3n) is 6.39. The molecule has 4 rings (SSSR count). The highest BCUT2D eigenvalue weighted by Gasteiger charge is 2.16. The van der Waals surface area contributed by atoms with Gasteiger partial charge in [-0.15, -0.1) is 0 Å². The first kappa shape index (κ1) is 25.4. The number of aromatic amines is 1. The summed E-state index contributed by atoms with van der Waals surface area (Å²) < 4.78 is 0. The van der Waals surface area contributed by atoms with Crippen LogP contribution in [0.2, 0.25) is 0 Å². The third kappa shape index (κ3) is 6.12. The van der Waals surface area contributed by atoms with Crippen LogP contribution in [0.1, 0.15) is 45.8 Å². The average Bonchev–Trinajstić information content (AvgIpc) is 3.31. The van der Waals surface area contributed by atoms with Crippen molar-refractivity contribution in [1.29, 1.82) is 0 Å². The highest BCUT2D eigenvalue weighted by atomic mass is 16.3. The topological polar surface area (TPSA) is 109 Å². The van der Waals surface area contributed by atoms with Gasteiger partial charge in [-0.05, 0) is 60.4 Å². The largest absolute Gasteiger partial charge is 0.508 e. The first-order valence-electron chi connectivity index (χ1n) is 12.1. The lowest BCUT2D eigenvalue weighted by molar-refractivity contribution is 0.0780. The molecule has 5 N–H and O–H groups in total. The number of aromatic hydroxyl groups is 1. The summed E-state index contributed by atoms with van der Waals surface area (Å²) >= 11 is 0. The molecule has 2 atom stereocenters. The van der Waals surface area contributed by atoms with Crippen LogP contribution in [-0.2, 0) is 19.6 Å². The molecule has 0 fully saturated rings. The number of amides is 1. The lowest BCUT2D eigenvalue weighted by Gasteiger charge is -2.18. The van der Waals surface area contributed by atoms with Gasteiger partial charge in [-0.25, -0.2) is 0 Å². The number of aliphatic hydroxyl groups is 2. The number of hydrogen-bond acceptors (Lipinski definition) is 5. The van der Waals surface area contributed by atoms with Crippen LogP contribution >= 0.6 is 0 Å². The van der Waals surface area contributed by atoms with Gasteiger partial charge in [0.1, 0.15) is 11.4 Å². The number of nitrogens with zero attached hydrogens (tertiary/aromatic N) is 1. The number of aliphatic hydroxyl groups excluding tert-OH is 2. The van der Waals surface area contributed by atoms with Crippen molar-refractivity contribution >= 4 is 16.8 Å². The maximum absolute atomic E-state index is 12.9. The molecule has 7 heteroatoms. The van der Waals surface area contributed by atoms with Crippen molar-refractivity contribution in [3.63, 3.8) is 0 Å². The molecule has 36 heavy (non-hydrogen) atoms. The van der Waals surface area contributed by atoms with Crippen molar-refractivity contribution in [2.45, 2.75) is 38.6 Å². The second-order valence-corrected chi connectivity index (χ2v) is 9.33. The number of aromatic nitrogens is 1. The Balaban J connectivity index is 1.35. The van der Waals surface area contributed by atoms with Crippen molar-refractivity contribution in [3.05, 3.63) is 101 Å². The SMILES string of the molecule is CC(Cc1ccc2[nH]c(C(=O)N(C)Cc3ccccc3)cc2c1)NC[C@H](O)c1ccc(O)c(CO)c1. The molecule has 1 aromatic heterocycles. The molecule has 0 bridgehead atoms. The van der Waals surface area contributed by atoms with Gasteiger partial charge >= 0.3 is 0 Å². The summed E-state index contributed by atoms with van der Waals surface area (Å²) in [7, 11) is 1.80. The van der Waals surface area contributed by atoms with Gasteiger partial charge in [-0.3, -0.25) is 4.79 Å². The number of benzene rings is 3. The van der Waals surface area contributed by atoms with Crippen LogP contribution < -0.4 is 5.32 Å². The number of nitrogens with one attached hydrogen (secondary N) is 2. The highest BCUT2D eigenvalue weighted by Crippen LogP contribution is 2.23. The minimum atomic E-state index is -0.757. The fourth-order valence-corrected chi connectivity index (χ4v) is 4.35. The molecule has 1 amide bonds. The van der Waals surface area contributed by atoms with Gasteiger partial charge in [0, 0.05) is 42.6 Å². The zero-order valence-corrected chi connectivity index (χ0v) is 20.6. The fourth-order valence-electron chi connectivity index (χ4n) is 4.35. The van der Waals surface area contributed by atoms with Crippen LogP contribution in [0, 0.1) is 0 Å². The van der Waals surface area contributed by atoms with E-state index >= 15 is 0 Å². The van der Waals surface area contributed by atoms with Crippen LogP contribution in [0.5, 0.6) is 5.75 Å². The molecule has 0 aliphatic carbocycles. The van der Waals surface area contributed by atoms with Crippen LogP contribution in [0.15, 0.2) is 72.8 Å². The molecule has 188 valence electrons. The van der Waals surface area contributed by atoms with Crippen LogP contribution in [0.3, 0.4) is 0 Å². The smallest absolute Gasteiger partial charge is 0.270 e. The van der Waals surface area contributed by atoms with Crippen LogP contribution in [0.4, 0.5) is 0 Å². The number of rotatable bonds is 10. The van der Waals surface area contributed by atoms with E-state index in [1.165, 1.54) is 6.07 Å². The fraction of sp³-hybridized carbons (Fsp3) is 0.276. The Morgan fingerprint density at radius 1 is 1.03 bits per heavy atom. The number of carbonyl (C=O) groups is 1. The predicted octanol–water partition coefficient (Wildman–Crippen LogP) is 3.89. The van der Waals surface area contributed by atoms with Crippen LogP contribution in [0.25, 0.3) is 10.9 Å². The number of fused-ring (bicyclic) bond motifs is 1. The molecular weight excluding hydrogens is 454 g/mol. The van der Waals surface area contributed by atoms with Gasteiger partial charge in [-0.2, -0.15) is 0 Å². The Hall–Kier alpha value is -3.65. The summed E-state index contributed by atoms with van der Waals surface area (Å²) in [6, 6.07) is 22.8. The summed E-state index contributed by atoms with van der Waals surface area (Å²) in [6.07, 6.45) is -0.00498. The van der Waals surface area contributed by atoms with Gasteiger partial charge in [0.15, 0.2) is 0 Å². The zero-order valence-electron chi connectivity index (χ0n) is 20.6. The van der Waals surface area contributed by atoms with E-state index in [1.54, 1.807) is 24.1 Å². The number of hydrogen-bond donors (Lipinski definition) is 5. The lowest BCUT2D eigenvalue weighted by atomic mass is 10.0. The van der Waals surface area contributed by atoms with Crippen LogP contribution in [-0.4, -0.2) is 50.7 Å². The third-order valence-corrected chi connectivity index (χ3v) is 6.39. The van der Waals surface area contributed by atoms with Gasteiger partial charge in [0.05, 0.1) is 12.7 Å². The van der Waals surface area contributed by atoms with Gasteiger partial charge in [0.25, 0.3) is 5.91 Å². The molecular formula is C29H33N3O4. The minimum absolute atomic E-state index is 0.0163. The molecule has 3 aromatic carbocycles. The summed E-state index contributed by atoms with van der Waals surface area (Å²) in [5, 5.41) is 33.9. The number of carbonyl (C=O) groups excluding carboxylic acids is 1.